The third-order valence-electron chi connectivity index (χ3n) is 25.1. The quantitative estimate of drug-likeness (QED) is 0.00993. The lowest BCUT2D eigenvalue weighted by molar-refractivity contribution is -0.147. The van der Waals surface area contributed by atoms with Crippen molar-refractivity contribution in [1.82, 2.24) is 63.8 Å². The number of carbonyl (C=O) groups is 19. The molecule has 0 aromatic heterocycles. The molecule has 1 unspecified atom stereocenters. The Hall–Kier alpha value is -14.4. The number of Topliss-reactive ketones (excluding diaryl/α,β-unsaturated/α-hetero) is 5. The van der Waals surface area contributed by atoms with Crippen molar-refractivity contribution >= 4 is 124 Å². The van der Waals surface area contributed by atoms with E-state index in [1.165, 1.54) is 38.1 Å². The molecule has 4 aromatic carbocycles. The molecule has 42 nitrogen and oxygen atoms in total. The molecule has 0 saturated heterocycles. The zero-order valence-electron chi connectivity index (χ0n) is 83.6. The number of rotatable bonds is 70. The number of amides is 11. The topological polar surface area (TPSA) is 705 Å². The molecule has 42 heteroatoms. The van der Waals surface area contributed by atoms with Crippen molar-refractivity contribution < 1.29 is 121 Å². The fourth-order valence-electron chi connectivity index (χ4n) is 16.7. The second kappa shape index (κ2) is 62.2. The number of primary amides is 1. The van der Waals surface area contributed by atoms with E-state index >= 15 is 9.59 Å². The summed E-state index contributed by atoms with van der Waals surface area (Å²) in [6, 6.07) is 16.7. The Labute approximate surface area is 843 Å². The van der Waals surface area contributed by atoms with E-state index in [0.29, 0.717) is 17.5 Å². The van der Waals surface area contributed by atoms with Crippen LogP contribution in [0.1, 0.15) is 206 Å². The van der Waals surface area contributed by atoms with E-state index in [1.807, 2.05) is 62.4 Å². The van der Waals surface area contributed by atoms with Crippen LogP contribution in [0, 0.1) is 64.1 Å². The number of aliphatic carboxylic acids is 2. The summed E-state index contributed by atoms with van der Waals surface area (Å²) >= 11 is 0. The van der Waals surface area contributed by atoms with Crippen molar-refractivity contribution in [2.75, 3.05) is 39.5 Å². The van der Waals surface area contributed by atoms with Gasteiger partial charge in [0.05, 0.1) is 68.2 Å². The van der Waals surface area contributed by atoms with E-state index in [0.717, 1.165) is 22.3 Å². The van der Waals surface area contributed by atoms with Crippen LogP contribution in [0.15, 0.2) is 128 Å². The molecule has 0 saturated carbocycles. The molecule has 5 rings (SSSR count). The molecule has 15 atom stereocenters. The lowest BCUT2D eigenvalue weighted by atomic mass is 9.83. The number of carboxylic acid groups (broad SMARTS) is 2. The number of nitrogens with one attached hydrogen (secondary N) is 14. The molecular weight excluding hydrogens is 1880 g/mol. The summed E-state index contributed by atoms with van der Waals surface area (Å²) in [7, 11) is 0. The van der Waals surface area contributed by atoms with Gasteiger partial charge in [-0.3, -0.25) is 97.1 Å². The number of nitrogens with two attached hydrogens (primary N) is 3. The minimum Gasteiger partial charge on any atom is -0.508 e. The van der Waals surface area contributed by atoms with Crippen molar-refractivity contribution in [2.24, 2.45) is 70.5 Å². The summed E-state index contributed by atoms with van der Waals surface area (Å²) in [6.45, 7) is 17.6. The Morgan fingerprint density at radius 1 is 0.428 bits per heavy atom. The van der Waals surface area contributed by atoms with Crippen LogP contribution in [-0.4, -0.2) is 243 Å². The fourth-order valence-corrected chi connectivity index (χ4v) is 16.7. The Bertz CT molecular complexity index is 5120. The first-order chi connectivity index (χ1) is 68.7. The maximum atomic E-state index is 15.0. The summed E-state index contributed by atoms with van der Waals surface area (Å²) in [5, 5.41) is 96.2. The van der Waals surface area contributed by atoms with E-state index in [-0.39, 0.29) is 101 Å². The number of aliphatic hydroxyl groups excluding tert-OH is 2. The molecule has 4 aromatic rings. The number of hydrogen-bond donors (Lipinski definition) is 22. The number of fused-ring (bicyclic) bond motifs is 3. The predicted molar refractivity (Wildman–Crippen MR) is 535 cm³/mol. The van der Waals surface area contributed by atoms with E-state index < -0.39 is 310 Å². The van der Waals surface area contributed by atoms with Gasteiger partial charge >= 0.3 is 17.9 Å². The second-order valence-electron chi connectivity index (χ2n) is 37.6. The molecule has 0 heterocycles. The SMILES string of the molecule is C=CC[C@@H](CC(=O)[C@@H](CCC(N)=O)NC(=O)[C@H](CC(=O)[C@H](NC(=O)[C@@H](CCCNC(=N)N)CC(=O)[C@@H](CC(C)C)NC(=O)[C@H](CC(=O)OCC1c2ccccc2-c2ccccc21)Cc1ccc(O)cc1)C(C)CC)C(C)C)C(=O)N[C@H](CCCNC(=N)N)C(=O)C[C@H](CO)C(=O)N[C@@H](C(=O)N[C@@H](CCC(=O)O)C(=O)NCC(=O)N[C@@H](CO)C(=O)N[C@@H](CC=C)C(=O)CCC(=O)N[C@@H](Cc1ccccc1)C(=O)O)C(C)C. The van der Waals surface area contributed by atoms with Crippen LogP contribution < -0.4 is 81.0 Å². The standard InChI is InChI=1S/C103H145N17O25/c1-11-23-63(93(135)114-75(32-22-44-110-103(107)108)83(126)50-66(54-121)96(138)119-91(59(8)9)100(142)117-77(38-42-89(132)133)98(140)111-53-88(131)113-80(55-122)99(141)116-74(24-12-2)81(124)39-41-87(130)112-79(101(143)144)47-61-25-15-14-16-26-61)48-82(125)76(37-40-86(104)129)115-97(139)72(58(6)7)52-85(128)92(60(10)13-3)120-94(136)64(27-21-43-109-102(105)106)49-84(127)78(45-57(4)5)118-95(137)65(46-62-33-35-67(123)36-34-62)51-90(134)145-56-73-70-30-19-17-28-68(70)69-29-18-20-31-71(69)73/h11-12,14-20,25-26,28-31,33-36,57-60,63-66,72-80,91-92,121-123H,1-2,13,21-24,27,32,37-56H2,3-10H3,(H2,104,129)(H,111,140)(H,112,130)(H,113,131)(H,114,135)(H,115,139)(H,116,141)(H,117,142)(H,118,137)(H,119,138)(H,120,136)(H,132,133)(H,143,144)(H4,105,106,109)(H4,107,108,110)/t60?,63-,64-,65-,66+,72+,74-,75+,76+,77-,78+,79-,80-,91+,92+/m0/s1. The summed E-state index contributed by atoms with van der Waals surface area (Å²) in [5.41, 5.74) is 22.0. The fraction of sp³-hybridized carbons (Fsp3) is 0.524. The van der Waals surface area contributed by atoms with Gasteiger partial charge in [-0.2, -0.15) is 0 Å². The number of hydrogen-bond acceptors (Lipinski definition) is 25. The van der Waals surface area contributed by atoms with Gasteiger partial charge < -0.3 is 111 Å². The van der Waals surface area contributed by atoms with Gasteiger partial charge in [0.15, 0.2) is 40.8 Å². The number of phenolic OH excluding ortho intramolecular Hbond substituents is 1. The van der Waals surface area contributed by atoms with Crippen LogP contribution in [0.5, 0.6) is 5.75 Å². The zero-order chi connectivity index (χ0) is 108. The largest absolute Gasteiger partial charge is 0.508 e. The highest BCUT2D eigenvalue weighted by Crippen LogP contribution is 2.45. The third-order valence-corrected chi connectivity index (χ3v) is 25.1. The average molecular weight is 2020 g/mol. The molecule has 0 bridgehead atoms. The zero-order valence-corrected chi connectivity index (χ0v) is 83.6. The molecule has 0 spiro atoms. The predicted octanol–water partition coefficient (Wildman–Crippen LogP) is 2.95. The van der Waals surface area contributed by atoms with Crippen LogP contribution in [0.3, 0.4) is 0 Å². The molecule has 11 amide bonds. The van der Waals surface area contributed by atoms with Gasteiger partial charge in [0.25, 0.3) is 0 Å². The number of phenols is 1. The van der Waals surface area contributed by atoms with Gasteiger partial charge in [-0.25, -0.2) is 4.79 Å². The summed E-state index contributed by atoms with van der Waals surface area (Å²) in [6.07, 6.45) is -3.76. The maximum absolute atomic E-state index is 15.0. The molecular formula is C103H145N17O25. The minimum atomic E-state index is -1.76. The van der Waals surface area contributed by atoms with Crippen LogP contribution in [-0.2, 0) is 109 Å². The monoisotopic (exact) mass is 2020 g/mol. The lowest BCUT2D eigenvalue weighted by Gasteiger charge is -2.29. The summed E-state index contributed by atoms with van der Waals surface area (Å²) < 4.78 is 5.97. The molecule has 792 valence electrons. The van der Waals surface area contributed by atoms with Crippen molar-refractivity contribution in [3.63, 3.8) is 0 Å². The molecule has 145 heavy (non-hydrogen) atoms. The van der Waals surface area contributed by atoms with Crippen molar-refractivity contribution in [3.05, 3.63) is 151 Å². The number of aromatic hydroxyl groups is 1. The first-order valence-electron chi connectivity index (χ1n) is 48.8. The number of aliphatic hydroxyl groups is 2. The average Bonchev–Trinajstić information content (AvgIpc) is 1.61. The molecule has 0 radical (unpaired) electrons. The number of carbonyl (C=O) groups excluding carboxylic acids is 17. The van der Waals surface area contributed by atoms with Crippen LogP contribution in [0.2, 0.25) is 0 Å². The summed E-state index contributed by atoms with van der Waals surface area (Å²) in [4.78, 5) is 264. The van der Waals surface area contributed by atoms with E-state index in [2.05, 4.69) is 77.0 Å². The van der Waals surface area contributed by atoms with Crippen LogP contribution in [0.4, 0.5) is 0 Å². The highest BCUT2D eigenvalue weighted by molar-refractivity contribution is 6.01. The second-order valence-corrected chi connectivity index (χ2v) is 37.6. The Morgan fingerprint density at radius 3 is 1.48 bits per heavy atom. The number of allylic oxidation sites excluding steroid dienone is 1. The van der Waals surface area contributed by atoms with Crippen molar-refractivity contribution in [2.45, 2.75) is 251 Å². The highest BCUT2D eigenvalue weighted by Gasteiger charge is 2.41. The molecule has 1 aliphatic rings. The normalized spacial score (nSPS) is 14.6. The smallest absolute Gasteiger partial charge is 0.326 e. The van der Waals surface area contributed by atoms with E-state index in [1.54, 1.807) is 70.2 Å². The minimum absolute atomic E-state index is 0.00482. The molecule has 25 N–H and O–H groups in total. The lowest BCUT2D eigenvalue weighted by Crippen LogP contribution is -2.57. The van der Waals surface area contributed by atoms with Gasteiger partial charge in [-0.05, 0) is 133 Å². The Balaban J connectivity index is 1.28. The van der Waals surface area contributed by atoms with Crippen molar-refractivity contribution in [3.8, 4) is 16.9 Å². The Morgan fingerprint density at radius 2 is 0.931 bits per heavy atom. The first-order valence-corrected chi connectivity index (χ1v) is 48.8. The number of guanidine groups is 2. The van der Waals surface area contributed by atoms with Gasteiger partial charge in [0, 0.05) is 94.5 Å². The first kappa shape index (κ1) is 121. The van der Waals surface area contributed by atoms with E-state index in [4.69, 9.17) is 32.8 Å². The van der Waals surface area contributed by atoms with E-state index in [9.17, 15) is 107 Å². The summed E-state index contributed by atoms with van der Waals surface area (Å²) in [5.74, 6) is -27.5. The van der Waals surface area contributed by atoms with Crippen LogP contribution >= 0.6 is 0 Å². The van der Waals surface area contributed by atoms with Crippen molar-refractivity contribution in [1.29, 1.82) is 10.8 Å². The number of carboxylic acids is 2. The molecule has 1 aliphatic carbocycles. The number of ketones is 5. The van der Waals surface area contributed by atoms with Gasteiger partial charge in [0.2, 0.25) is 65.0 Å². The number of ether oxygens (including phenoxy) is 1. The van der Waals surface area contributed by atoms with Gasteiger partial charge in [0.1, 0.15) is 36.5 Å². The van der Waals surface area contributed by atoms with Gasteiger partial charge in [-0.1, -0.05) is 165 Å². The number of esters is 1. The van der Waals surface area contributed by atoms with Crippen LogP contribution in [0.25, 0.3) is 11.1 Å². The molecule has 0 fully saturated rings. The number of benzene rings is 4. The molecule has 0 aliphatic heterocycles. The Kier molecular flexibility index (Phi) is 51.9. The van der Waals surface area contributed by atoms with Gasteiger partial charge in [-0.15, -0.1) is 13.2 Å². The third kappa shape index (κ3) is 41.8. The highest BCUT2D eigenvalue weighted by atomic mass is 16.5. The maximum Gasteiger partial charge on any atom is 0.326 e.